The largest absolute Gasteiger partial charge is 0.282 e. The van der Waals surface area contributed by atoms with Gasteiger partial charge in [0.1, 0.15) is 0 Å². The summed E-state index contributed by atoms with van der Waals surface area (Å²) < 4.78 is 2.01. The van der Waals surface area contributed by atoms with Crippen LogP contribution in [-0.2, 0) is 4.79 Å². The monoisotopic (exact) mass is 160 g/mol. The molecule has 2 nitrogen and oxygen atoms in total. The molecule has 0 saturated carbocycles. The second-order valence-electron chi connectivity index (χ2n) is 2.72. The number of nitrogens with zero attached hydrogens (tertiary/aromatic N) is 1. The Morgan fingerprint density at radius 1 is 1.20 bits per heavy atom. The van der Waals surface area contributed by atoms with Gasteiger partial charge in [0, 0.05) is 24.0 Å². The fraction of sp³-hybridized carbons (Fsp3) is 0.857. The van der Waals surface area contributed by atoms with Crippen molar-refractivity contribution in [2.75, 3.05) is 0 Å². The number of rotatable bonds is 4. The summed E-state index contributed by atoms with van der Waals surface area (Å²) in [5.41, 5.74) is 1.82. The number of hydrogen-bond donors (Lipinski definition) is 0. The molecule has 0 bridgehead atoms. The molecule has 0 N–H and O–H groups in total. The quantitative estimate of drug-likeness (QED) is 0.585. The van der Waals surface area contributed by atoms with Gasteiger partial charge >= 0.3 is 0 Å². The molecule has 0 spiro atoms. The van der Waals surface area contributed by atoms with Crippen molar-refractivity contribution >= 4 is 17.6 Å². The minimum atomic E-state index is 0.395. The van der Waals surface area contributed by atoms with Crippen molar-refractivity contribution in [3.8, 4) is 0 Å². The van der Waals surface area contributed by atoms with Crippen LogP contribution in [0.1, 0.15) is 27.7 Å². The van der Waals surface area contributed by atoms with Crippen LogP contribution in [0.5, 0.6) is 0 Å². The Labute approximate surface area is 67.1 Å². The Morgan fingerprint density at radius 3 is 1.70 bits per heavy atom. The molecule has 0 aromatic rings. The first-order valence-electron chi connectivity index (χ1n) is 3.42. The van der Waals surface area contributed by atoms with Gasteiger partial charge in [-0.3, -0.25) is 4.79 Å². The summed E-state index contributed by atoms with van der Waals surface area (Å²) in [6, 6.07) is 0.790. The van der Waals surface area contributed by atoms with Crippen molar-refractivity contribution in [2.24, 2.45) is 0 Å². The van der Waals surface area contributed by atoms with E-state index in [-0.39, 0.29) is 0 Å². The maximum Gasteiger partial charge on any atom is 0.282 e. The van der Waals surface area contributed by atoms with E-state index in [1.54, 1.807) is 0 Å². The Kier molecular flexibility index (Phi) is 4.73. The molecule has 0 heterocycles. The Bertz CT molecular complexity index is 95.8. The van der Waals surface area contributed by atoms with Crippen molar-refractivity contribution < 1.29 is 4.79 Å². The van der Waals surface area contributed by atoms with Gasteiger partial charge in [-0.15, -0.1) is 0 Å². The second kappa shape index (κ2) is 4.74. The molecule has 0 rings (SSSR count). The van der Waals surface area contributed by atoms with E-state index >= 15 is 0 Å². The molecule has 0 atom stereocenters. The van der Waals surface area contributed by atoms with E-state index in [0.29, 0.717) is 12.1 Å². The predicted molar refractivity (Wildman–Crippen MR) is 45.4 cm³/mol. The smallest absolute Gasteiger partial charge is 0.276 e. The van der Waals surface area contributed by atoms with E-state index in [4.69, 9.17) is 0 Å². The summed E-state index contributed by atoms with van der Waals surface area (Å²) in [6.07, 6.45) is 0. The van der Waals surface area contributed by atoms with Crippen LogP contribution in [0.15, 0.2) is 0 Å². The fourth-order valence-corrected chi connectivity index (χ4v) is 1.36. The number of carbonyl (C=O) groups excluding carboxylic acids is 1. The van der Waals surface area contributed by atoms with Gasteiger partial charge in [0.2, 0.25) is 0 Å². The third kappa shape index (κ3) is 3.22. The van der Waals surface area contributed by atoms with E-state index < -0.39 is 0 Å². The zero-order chi connectivity index (χ0) is 8.15. The lowest BCUT2D eigenvalue weighted by Gasteiger charge is -2.25. The molecule has 0 aromatic heterocycles. The lowest BCUT2D eigenvalue weighted by atomic mass is 10.3. The standard InChI is InChI=1S/C7H14NOS/c1-6(2)8(7(3)4)10-5-9/h6-7H,1-4H3. The van der Waals surface area contributed by atoms with Gasteiger partial charge in [0.25, 0.3) is 5.62 Å². The summed E-state index contributed by atoms with van der Waals surface area (Å²) in [5.74, 6) is 0. The molecule has 0 aliphatic heterocycles. The van der Waals surface area contributed by atoms with Crippen molar-refractivity contribution in [3.63, 3.8) is 0 Å². The minimum absolute atomic E-state index is 0.395. The lowest BCUT2D eigenvalue weighted by molar-refractivity contribution is 0.337. The highest BCUT2D eigenvalue weighted by Gasteiger charge is 2.12. The molecule has 1 radical (unpaired) electrons. The highest BCUT2D eigenvalue weighted by Crippen LogP contribution is 2.14. The van der Waals surface area contributed by atoms with Crippen molar-refractivity contribution in [1.29, 1.82) is 0 Å². The van der Waals surface area contributed by atoms with Gasteiger partial charge < -0.3 is 0 Å². The van der Waals surface area contributed by atoms with Crippen LogP contribution in [0.25, 0.3) is 0 Å². The Hall–Kier alpha value is -0.0200. The van der Waals surface area contributed by atoms with Gasteiger partial charge in [-0.1, -0.05) is 0 Å². The Morgan fingerprint density at radius 2 is 1.60 bits per heavy atom. The van der Waals surface area contributed by atoms with E-state index in [9.17, 15) is 4.79 Å². The Balaban J connectivity index is 3.84. The van der Waals surface area contributed by atoms with Crippen LogP contribution in [0.3, 0.4) is 0 Å². The molecule has 0 aliphatic rings. The topological polar surface area (TPSA) is 20.3 Å². The van der Waals surface area contributed by atoms with E-state index in [2.05, 4.69) is 27.7 Å². The molecule has 0 aliphatic carbocycles. The average molecular weight is 160 g/mol. The van der Waals surface area contributed by atoms with E-state index in [1.165, 1.54) is 0 Å². The van der Waals surface area contributed by atoms with Gasteiger partial charge in [-0.05, 0) is 27.7 Å². The highest BCUT2D eigenvalue weighted by atomic mass is 32.2. The SMILES string of the molecule is CC(C)N(S[C]=O)C(C)C. The summed E-state index contributed by atoms with van der Waals surface area (Å²) in [4.78, 5) is 10.0. The zero-order valence-corrected chi connectivity index (χ0v) is 7.73. The molecule has 0 saturated heterocycles. The van der Waals surface area contributed by atoms with Crippen LogP contribution < -0.4 is 0 Å². The van der Waals surface area contributed by atoms with Crippen molar-refractivity contribution in [3.05, 3.63) is 0 Å². The van der Waals surface area contributed by atoms with Crippen LogP contribution in [0.2, 0.25) is 0 Å². The van der Waals surface area contributed by atoms with Gasteiger partial charge in [0.15, 0.2) is 0 Å². The number of hydrogen-bond acceptors (Lipinski definition) is 3. The summed E-state index contributed by atoms with van der Waals surface area (Å²) in [7, 11) is 0. The first-order valence-corrected chi connectivity index (χ1v) is 4.19. The third-order valence-electron chi connectivity index (χ3n) is 1.16. The van der Waals surface area contributed by atoms with Crippen LogP contribution in [0.4, 0.5) is 0 Å². The third-order valence-corrected chi connectivity index (χ3v) is 2.29. The zero-order valence-electron chi connectivity index (χ0n) is 6.92. The molecule has 59 valence electrons. The fourth-order valence-electron chi connectivity index (χ4n) is 0.850. The minimum Gasteiger partial charge on any atom is -0.276 e. The maximum atomic E-state index is 10.0. The molecule has 0 aromatic carbocycles. The van der Waals surface area contributed by atoms with Crippen molar-refractivity contribution in [2.45, 2.75) is 39.8 Å². The normalized spacial score (nSPS) is 11.5. The van der Waals surface area contributed by atoms with E-state index in [0.717, 1.165) is 11.9 Å². The second-order valence-corrected chi connectivity index (χ2v) is 3.49. The maximum absolute atomic E-state index is 10.0. The molecule has 0 fully saturated rings. The summed E-state index contributed by atoms with van der Waals surface area (Å²) in [5, 5.41) is 0. The van der Waals surface area contributed by atoms with Crippen molar-refractivity contribution in [1.82, 2.24) is 4.31 Å². The molecule has 0 amide bonds. The first kappa shape index (κ1) is 9.98. The molecule has 10 heavy (non-hydrogen) atoms. The summed E-state index contributed by atoms with van der Waals surface area (Å²) >= 11 is 1.12. The van der Waals surface area contributed by atoms with Gasteiger partial charge in [0.05, 0.1) is 0 Å². The lowest BCUT2D eigenvalue weighted by Crippen LogP contribution is -2.30. The molecular weight excluding hydrogens is 146 g/mol. The average Bonchev–Trinajstić information content (AvgIpc) is 1.81. The molecule has 3 heteroatoms. The summed E-state index contributed by atoms with van der Waals surface area (Å²) in [6.45, 7) is 8.24. The highest BCUT2D eigenvalue weighted by molar-refractivity contribution is 8.09. The van der Waals surface area contributed by atoms with Gasteiger partial charge in [-0.25, -0.2) is 4.31 Å². The van der Waals surface area contributed by atoms with Crippen LogP contribution >= 0.6 is 11.9 Å². The van der Waals surface area contributed by atoms with Crippen LogP contribution in [0, 0.1) is 0 Å². The van der Waals surface area contributed by atoms with Crippen LogP contribution in [-0.4, -0.2) is 22.0 Å². The first-order chi connectivity index (χ1) is 4.59. The molecule has 0 unspecified atom stereocenters. The molecular formula is C7H14NOS. The predicted octanol–water partition coefficient (Wildman–Crippen LogP) is 1.82. The van der Waals surface area contributed by atoms with Gasteiger partial charge in [-0.2, -0.15) is 0 Å². The van der Waals surface area contributed by atoms with E-state index in [1.807, 2.05) is 9.92 Å².